The molecule has 2 aromatic rings. The molecule has 7 nitrogen and oxygen atoms in total. The van der Waals surface area contributed by atoms with Crippen LogP contribution in [0.15, 0.2) is 48.5 Å². The average Bonchev–Trinajstić information content (AvgIpc) is 2.79. The largest absolute Gasteiger partial charge is 0.484 e. The van der Waals surface area contributed by atoms with Crippen LogP contribution < -0.4 is 15.4 Å². The third-order valence-corrected chi connectivity index (χ3v) is 4.95. The number of morpholine rings is 1. The van der Waals surface area contributed by atoms with Crippen LogP contribution in [0.5, 0.6) is 5.75 Å². The van der Waals surface area contributed by atoms with Crippen LogP contribution in [0, 0.1) is 0 Å². The average molecular weight is 412 g/mol. The Morgan fingerprint density at radius 2 is 1.73 bits per heavy atom. The van der Waals surface area contributed by atoms with Gasteiger partial charge in [0.2, 0.25) is 0 Å². The molecule has 1 heterocycles. The lowest BCUT2D eigenvalue weighted by Gasteiger charge is -2.26. The van der Waals surface area contributed by atoms with Gasteiger partial charge in [-0.1, -0.05) is 19.1 Å². The maximum atomic E-state index is 12.3. The summed E-state index contributed by atoms with van der Waals surface area (Å²) in [5, 5.41) is 5.70. The number of rotatable bonds is 9. The maximum absolute atomic E-state index is 12.3. The van der Waals surface area contributed by atoms with E-state index in [-0.39, 0.29) is 18.4 Å². The lowest BCUT2D eigenvalue weighted by molar-refractivity contribution is -0.118. The highest BCUT2D eigenvalue weighted by atomic mass is 16.5. The molecule has 1 saturated heterocycles. The van der Waals surface area contributed by atoms with Gasteiger partial charge in [0.15, 0.2) is 6.61 Å². The Balaban J connectivity index is 1.39. The number of ether oxygens (including phenoxy) is 2. The van der Waals surface area contributed by atoms with E-state index in [0.29, 0.717) is 23.5 Å². The second kappa shape index (κ2) is 11.3. The lowest BCUT2D eigenvalue weighted by atomic mass is 10.2. The second-order valence-corrected chi connectivity index (χ2v) is 7.12. The highest BCUT2D eigenvalue weighted by Gasteiger charge is 2.11. The van der Waals surface area contributed by atoms with Crippen molar-refractivity contribution in [3.8, 4) is 5.75 Å². The van der Waals surface area contributed by atoms with Gasteiger partial charge in [-0.05, 0) is 48.4 Å². The number of amides is 2. The van der Waals surface area contributed by atoms with Crippen molar-refractivity contribution in [1.82, 2.24) is 10.2 Å². The van der Waals surface area contributed by atoms with Gasteiger partial charge >= 0.3 is 0 Å². The topological polar surface area (TPSA) is 79.9 Å². The quantitative estimate of drug-likeness (QED) is 0.662. The fourth-order valence-corrected chi connectivity index (χ4v) is 3.13. The molecule has 0 spiro atoms. The minimum atomic E-state index is -0.253. The number of benzene rings is 2. The van der Waals surface area contributed by atoms with Crippen LogP contribution in [-0.4, -0.2) is 62.7 Å². The molecule has 0 radical (unpaired) electrons. The summed E-state index contributed by atoms with van der Waals surface area (Å²) < 4.78 is 10.8. The van der Waals surface area contributed by atoms with Crippen molar-refractivity contribution in [2.45, 2.75) is 13.3 Å². The van der Waals surface area contributed by atoms with Crippen molar-refractivity contribution >= 4 is 17.5 Å². The van der Waals surface area contributed by atoms with Gasteiger partial charge in [0.1, 0.15) is 5.75 Å². The molecule has 0 atom stereocenters. The molecule has 30 heavy (non-hydrogen) atoms. The molecule has 0 aromatic heterocycles. The highest BCUT2D eigenvalue weighted by Crippen LogP contribution is 2.13. The zero-order valence-corrected chi connectivity index (χ0v) is 17.4. The zero-order valence-electron chi connectivity index (χ0n) is 17.4. The second-order valence-electron chi connectivity index (χ2n) is 7.12. The SMILES string of the molecule is CCc1ccc(OCC(=O)Nc2ccc(C(=O)NCCN3CCOCC3)cc2)cc1. The van der Waals surface area contributed by atoms with E-state index < -0.39 is 0 Å². The Kier molecular flexibility index (Phi) is 8.23. The first-order valence-corrected chi connectivity index (χ1v) is 10.3. The molecule has 3 rings (SSSR count). The van der Waals surface area contributed by atoms with E-state index >= 15 is 0 Å². The van der Waals surface area contributed by atoms with Crippen molar-refractivity contribution in [3.63, 3.8) is 0 Å². The van der Waals surface area contributed by atoms with Crippen LogP contribution in [0.1, 0.15) is 22.8 Å². The number of nitrogens with one attached hydrogen (secondary N) is 2. The van der Waals surface area contributed by atoms with Crippen molar-refractivity contribution in [2.75, 3.05) is 51.3 Å². The van der Waals surface area contributed by atoms with Gasteiger partial charge in [-0.25, -0.2) is 0 Å². The van der Waals surface area contributed by atoms with E-state index in [4.69, 9.17) is 9.47 Å². The van der Waals surface area contributed by atoms with Crippen molar-refractivity contribution in [3.05, 3.63) is 59.7 Å². The van der Waals surface area contributed by atoms with Gasteiger partial charge in [-0.3, -0.25) is 14.5 Å². The van der Waals surface area contributed by atoms with E-state index in [9.17, 15) is 9.59 Å². The standard InChI is InChI=1S/C23H29N3O4/c1-2-18-3-9-21(10-4-18)30-17-22(27)25-20-7-5-19(6-8-20)23(28)24-11-12-26-13-15-29-16-14-26/h3-10H,2,11-17H2,1H3,(H,24,28)(H,25,27). The fourth-order valence-electron chi connectivity index (χ4n) is 3.13. The van der Waals surface area contributed by atoms with Gasteiger partial charge in [0.05, 0.1) is 13.2 Å². The summed E-state index contributed by atoms with van der Waals surface area (Å²) >= 11 is 0. The lowest BCUT2D eigenvalue weighted by Crippen LogP contribution is -2.41. The van der Waals surface area contributed by atoms with E-state index in [1.165, 1.54) is 5.56 Å². The molecule has 0 aliphatic carbocycles. The highest BCUT2D eigenvalue weighted by molar-refractivity contribution is 5.96. The Hall–Kier alpha value is -2.90. The molecular weight excluding hydrogens is 382 g/mol. The normalized spacial score (nSPS) is 14.2. The number of carbonyl (C=O) groups excluding carboxylic acids is 2. The molecule has 0 saturated carbocycles. The Labute approximate surface area is 177 Å². The summed E-state index contributed by atoms with van der Waals surface area (Å²) in [6.45, 7) is 6.71. The van der Waals surface area contributed by atoms with E-state index in [0.717, 1.165) is 39.3 Å². The summed E-state index contributed by atoms with van der Waals surface area (Å²) in [5.41, 5.74) is 2.40. The summed E-state index contributed by atoms with van der Waals surface area (Å²) in [5.74, 6) is 0.281. The number of hydrogen-bond acceptors (Lipinski definition) is 5. The smallest absolute Gasteiger partial charge is 0.262 e. The van der Waals surface area contributed by atoms with Gasteiger partial charge in [-0.2, -0.15) is 0 Å². The molecule has 0 unspecified atom stereocenters. The van der Waals surface area contributed by atoms with Crippen LogP contribution in [0.2, 0.25) is 0 Å². The number of anilines is 1. The van der Waals surface area contributed by atoms with Gasteiger partial charge in [0, 0.05) is 37.4 Å². The maximum Gasteiger partial charge on any atom is 0.262 e. The van der Waals surface area contributed by atoms with Crippen LogP contribution in [0.25, 0.3) is 0 Å². The molecule has 1 aliphatic rings. The molecule has 7 heteroatoms. The van der Waals surface area contributed by atoms with Gasteiger partial charge in [-0.15, -0.1) is 0 Å². The molecule has 2 aromatic carbocycles. The Morgan fingerprint density at radius 3 is 2.40 bits per heavy atom. The Bertz CT molecular complexity index is 815. The first-order chi connectivity index (χ1) is 14.6. The third kappa shape index (κ3) is 6.86. The molecule has 1 fully saturated rings. The van der Waals surface area contributed by atoms with Crippen molar-refractivity contribution in [1.29, 1.82) is 0 Å². The molecule has 160 valence electrons. The van der Waals surface area contributed by atoms with Crippen LogP contribution in [-0.2, 0) is 16.0 Å². The first-order valence-electron chi connectivity index (χ1n) is 10.3. The monoisotopic (exact) mass is 411 g/mol. The molecule has 2 N–H and O–H groups in total. The van der Waals surface area contributed by atoms with E-state index in [1.807, 2.05) is 24.3 Å². The summed E-state index contributed by atoms with van der Waals surface area (Å²) in [6, 6.07) is 14.5. The van der Waals surface area contributed by atoms with E-state index in [1.54, 1.807) is 24.3 Å². The van der Waals surface area contributed by atoms with Gasteiger partial charge in [0.25, 0.3) is 11.8 Å². The number of nitrogens with zero attached hydrogens (tertiary/aromatic N) is 1. The predicted octanol–water partition coefficient (Wildman–Crippen LogP) is 2.33. The molecule has 1 aliphatic heterocycles. The third-order valence-electron chi connectivity index (χ3n) is 4.95. The molecular formula is C23H29N3O4. The fraction of sp³-hybridized carbons (Fsp3) is 0.391. The summed E-state index contributed by atoms with van der Waals surface area (Å²) in [6.07, 6.45) is 0.961. The van der Waals surface area contributed by atoms with Gasteiger partial charge < -0.3 is 20.1 Å². The summed E-state index contributed by atoms with van der Waals surface area (Å²) in [7, 11) is 0. The number of aryl methyl sites for hydroxylation is 1. The first kappa shape index (κ1) is 21.8. The summed E-state index contributed by atoms with van der Waals surface area (Å²) in [4.78, 5) is 26.6. The predicted molar refractivity (Wildman–Crippen MR) is 116 cm³/mol. The minimum absolute atomic E-state index is 0.0742. The van der Waals surface area contributed by atoms with Crippen molar-refractivity contribution in [2.24, 2.45) is 0 Å². The minimum Gasteiger partial charge on any atom is -0.484 e. The van der Waals surface area contributed by atoms with Crippen LogP contribution in [0.4, 0.5) is 5.69 Å². The molecule has 2 amide bonds. The van der Waals surface area contributed by atoms with Crippen molar-refractivity contribution < 1.29 is 19.1 Å². The number of carbonyl (C=O) groups is 2. The van der Waals surface area contributed by atoms with E-state index in [2.05, 4.69) is 22.5 Å². The number of hydrogen-bond donors (Lipinski definition) is 2. The van der Waals surface area contributed by atoms with Crippen LogP contribution in [0.3, 0.4) is 0 Å². The van der Waals surface area contributed by atoms with Crippen LogP contribution >= 0.6 is 0 Å². The Morgan fingerprint density at radius 1 is 1.03 bits per heavy atom. The zero-order chi connectivity index (χ0) is 21.2. The molecule has 0 bridgehead atoms.